The van der Waals surface area contributed by atoms with Crippen molar-refractivity contribution in [2.45, 2.75) is 19.6 Å². The summed E-state index contributed by atoms with van der Waals surface area (Å²) in [5.41, 5.74) is 0.972. The second-order valence-corrected chi connectivity index (χ2v) is 8.09. The minimum Gasteiger partial charge on any atom is -0.435 e. The molecule has 0 radical (unpaired) electrons. The lowest BCUT2D eigenvalue weighted by Crippen LogP contribution is -3.28. The molecular formula is C20H27F2N3O2S+2. The number of quaternary nitrogens is 2. The first-order chi connectivity index (χ1) is 13.6. The minimum atomic E-state index is -2.81. The third-order valence-electron chi connectivity index (χ3n) is 4.96. The van der Waals surface area contributed by atoms with Gasteiger partial charge < -0.3 is 19.9 Å². The highest BCUT2D eigenvalue weighted by Gasteiger charge is 2.24. The van der Waals surface area contributed by atoms with Crippen molar-refractivity contribution in [1.82, 2.24) is 5.32 Å². The van der Waals surface area contributed by atoms with E-state index in [-0.39, 0.29) is 11.7 Å². The van der Waals surface area contributed by atoms with Crippen molar-refractivity contribution in [1.29, 1.82) is 0 Å². The summed E-state index contributed by atoms with van der Waals surface area (Å²) in [7, 11) is 0. The maximum Gasteiger partial charge on any atom is 0.387 e. The molecule has 1 fully saturated rings. The summed E-state index contributed by atoms with van der Waals surface area (Å²) in [6, 6.07) is 10.8. The van der Waals surface area contributed by atoms with Crippen LogP contribution >= 0.6 is 11.3 Å². The minimum absolute atomic E-state index is 0.0642. The van der Waals surface area contributed by atoms with Gasteiger partial charge in [0.1, 0.15) is 38.5 Å². The van der Waals surface area contributed by atoms with Gasteiger partial charge in [-0.05, 0) is 35.6 Å². The van der Waals surface area contributed by atoms with Crippen LogP contribution in [-0.4, -0.2) is 51.8 Å². The number of ether oxygens (including phenoxy) is 1. The number of halogens is 2. The highest BCUT2D eigenvalue weighted by molar-refractivity contribution is 7.09. The Morgan fingerprint density at radius 3 is 2.46 bits per heavy atom. The van der Waals surface area contributed by atoms with E-state index >= 15 is 0 Å². The van der Waals surface area contributed by atoms with E-state index in [2.05, 4.69) is 27.6 Å². The Labute approximate surface area is 167 Å². The zero-order valence-electron chi connectivity index (χ0n) is 15.8. The molecule has 5 nitrogen and oxygen atoms in total. The third kappa shape index (κ3) is 6.85. The lowest BCUT2D eigenvalue weighted by atomic mass is 10.1. The molecule has 0 atom stereocenters. The predicted molar refractivity (Wildman–Crippen MR) is 104 cm³/mol. The topological polar surface area (TPSA) is 47.2 Å². The normalized spacial score (nSPS) is 19.5. The van der Waals surface area contributed by atoms with E-state index in [0.29, 0.717) is 19.5 Å². The van der Waals surface area contributed by atoms with Gasteiger partial charge in [-0.15, -0.1) is 11.3 Å². The van der Waals surface area contributed by atoms with Gasteiger partial charge in [-0.3, -0.25) is 4.79 Å². The summed E-state index contributed by atoms with van der Waals surface area (Å²) >= 11 is 1.81. The van der Waals surface area contributed by atoms with Gasteiger partial charge in [-0.2, -0.15) is 8.78 Å². The standard InChI is InChI=1S/C20H25F2N3O2S/c21-20(22)27-17-5-3-16(4-6-17)7-8-23-19(26)15-25-11-9-24(10-12-25)14-18-2-1-13-28-18/h1-6,13,20H,7-12,14-15H2,(H,23,26)/p+2. The number of nitrogens with one attached hydrogen (secondary N) is 3. The van der Waals surface area contributed by atoms with Crippen LogP contribution < -0.4 is 19.9 Å². The molecule has 0 saturated carbocycles. The van der Waals surface area contributed by atoms with E-state index in [9.17, 15) is 13.6 Å². The molecule has 1 aliphatic rings. The van der Waals surface area contributed by atoms with Crippen molar-refractivity contribution in [3.8, 4) is 5.75 Å². The zero-order valence-corrected chi connectivity index (χ0v) is 16.6. The van der Waals surface area contributed by atoms with E-state index in [0.717, 1.165) is 38.3 Å². The number of carbonyl (C=O) groups excluding carboxylic acids is 1. The maximum absolute atomic E-state index is 12.2. The predicted octanol–water partition coefficient (Wildman–Crippen LogP) is -0.00820. The molecule has 1 aliphatic heterocycles. The van der Waals surface area contributed by atoms with Crippen LogP contribution in [0.25, 0.3) is 0 Å². The van der Waals surface area contributed by atoms with E-state index in [4.69, 9.17) is 0 Å². The lowest BCUT2D eigenvalue weighted by Gasteiger charge is -2.29. The highest BCUT2D eigenvalue weighted by atomic mass is 32.1. The number of carbonyl (C=O) groups is 1. The first kappa shape index (κ1) is 20.7. The molecule has 1 amide bonds. The highest BCUT2D eigenvalue weighted by Crippen LogP contribution is 2.14. The summed E-state index contributed by atoms with van der Waals surface area (Å²) in [6.45, 7) is 3.52. The third-order valence-corrected chi connectivity index (χ3v) is 5.84. The van der Waals surface area contributed by atoms with Crippen LogP contribution in [0.4, 0.5) is 8.78 Å². The molecule has 0 spiro atoms. The monoisotopic (exact) mass is 411 g/mol. The summed E-state index contributed by atoms with van der Waals surface area (Å²) in [4.78, 5) is 16.5. The molecule has 1 saturated heterocycles. The van der Waals surface area contributed by atoms with Crippen molar-refractivity contribution in [3.63, 3.8) is 0 Å². The fraction of sp³-hybridized carbons (Fsp3) is 0.450. The molecule has 0 aliphatic carbocycles. The zero-order chi connectivity index (χ0) is 19.8. The Balaban J connectivity index is 1.30. The molecule has 8 heteroatoms. The van der Waals surface area contributed by atoms with E-state index < -0.39 is 6.61 Å². The van der Waals surface area contributed by atoms with Crippen LogP contribution in [0.2, 0.25) is 0 Å². The Hall–Kier alpha value is -2.03. The number of amides is 1. The molecule has 1 aromatic carbocycles. The van der Waals surface area contributed by atoms with Crippen molar-refractivity contribution in [2.24, 2.45) is 0 Å². The van der Waals surface area contributed by atoms with Gasteiger partial charge in [-0.1, -0.05) is 18.2 Å². The fourth-order valence-electron chi connectivity index (χ4n) is 3.44. The number of rotatable bonds is 9. The molecule has 2 heterocycles. The number of thiophene rings is 1. The Morgan fingerprint density at radius 2 is 1.82 bits per heavy atom. The average Bonchev–Trinajstić information content (AvgIpc) is 3.17. The van der Waals surface area contributed by atoms with E-state index in [1.807, 2.05) is 0 Å². The fourth-order valence-corrected chi connectivity index (χ4v) is 4.22. The Morgan fingerprint density at radius 1 is 1.11 bits per heavy atom. The van der Waals surface area contributed by atoms with Crippen LogP contribution in [0.15, 0.2) is 41.8 Å². The van der Waals surface area contributed by atoms with Crippen LogP contribution in [0.5, 0.6) is 5.75 Å². The van der Waals surface area contributed by atoms with Crippen molar-refractivity contribution < 1.29 is 28.1 Å². The molecule has 0 bridgehead atoms. The van der Waals surface area contributed by atoms with Gasteiger partial charge in [0.25, 0.3) is 5.91 Å². The lowest BCUT2D eigenvalue weighted by molar-refractivity contribution is -1.01. The molecule has 152 valence electrons. The Kier molecular flexibility index (Phi) is 7.76. The molecule has 28 heavy (non-hydrogen) atoms. The quantitative estimate of drug-likeness (QED) is 0.544. The number of piperazine rings is 1. The SMILES string of the molecule is O=C(C[NH+]1CC[NH+](Cc2cccs2)CC1)NCCc1ccc(OC(F)F)cc1. The number of alkyl halides is 2. The summed E-state index contributed by atoms with van der Waals surface area (Å²) in [5.74, 6) is 0.209. The van der Waals surface area contributed by atoms with Crippen molar-refractivity contribution >= 4 is 17.2 Å². The van der Waals surface area contributed by atoms with Crippen LogP contribution in [0, 0.1) is 0 Å². The first-order valence-electron chi connectivity index (χ1n) is 9.58. The van der Waals surface area contributed by atoms with Crippen LogP contribution in [0.3, 0.4) is 0 Å². The summed E-state index contributed by atoms with van der Waals surface area (Å²) in [6.07, 6.45) is 0.661. The summed E-state index contributed by atoms with van der Waals surface area (Å²) < 4.78 is 28.6. The largest absolute Gasteiger partial charge is 0.435 e. The Bertz CT molecular complexity index is 718. The molecule has 3 rings (SSSR count). The average molecular weight is 412 g/mol. The van der Waals surface area contributed by atoms with E-state index in [1.54, 1.807) is 28.4 Å². The van der Waals surface area contributed by atoms with Gasteiger partial charge in [0.2, 0.25) is 0 Å². The van der Waals surface area contributed by atoms with Gasteiger partial charge >= 0.3 is 6.61 Å². The molecule has 2 aromatic rings. The number of hydrogen-bond donors (Lipinski definition) is 3. The van der Waals surface area contributed by atoms with Gasteiger partial charge in [-0.25, -0.2) is 0 Å². The number of benzene rings is 1. The van der Waals surface area contributed by atoms with Crippen molar-refractivity contribution in [3.05, 3.63) is 52.2 Å². The second-order valence-electron chi connectivity index (χ2n) is 7.06. The second kappa shape index (κ2) is 10.5. The molecule has 3 N–H and O–H groups in total. The van der Waals surface area contributed by atoms with Gasteiger partial charge in [0, 0.05) is 6.54 Å². The smallest absolute Gasteiger partial charge is 0.387 e. The van der Waals surface area contributed by atoms with Gasteiger partial charge in [0.05, 0.1) is 4.88 Å². The van der Waals surface area contributed by atoms with E-state index in [1.165, 1.54) is 21.9 Å². The molecule has 1 aromatic heterocycles. The first-order valence-corrected chi connectivity index (χ1v) is 10.5. The van der Waals surface area contributed by atoms with Crippen LogP contribution in [-0.2, 0) is 17.8 Å². The summed E-state index contributed by atoms with van der Waals surface area (Å²) in [5, 5.41) is 5.07. The van der Waals surface area contributed by atoms with Gasteiger partial charge in [0.15, 0.2) is 6.54 Å². The molecular weight excluding hydrogens is 384 g/mol. The molecule has 0 unspecified atom stereocenters. The number of hydrogen-bond acceptors (Lipinski definition) is 3. The van der Waals surface area contributed by atoms with Crippen LogP contribution in [0.1, 0.15) is 10.4 Å². The van der Waals surface area contributed by atoms with Crippen molar-refractivity contribution in [2.75, 3.05) is 39.3 Å². The maximum atomic E-state index is 12.2.